The maximum atomic E-state index is 12.0. The molecule has 0 aromatic carbocycles. The number of nitrogens with zero attached hydrogens (tertiary/aromatic N) is 1. The molecule has 4 nitrogen and oxygen atoms in total. The lowest BCUT2D eigenvalue weighted by atomic mass is 9.84. The van der Waals surface area contributed by atoms with Gasteiger partial charge in [0.2, 0.25) is 0 Å². The van der Waals surface area contributed by atoms with E-state index in [-0.39, 0.29) is 6.09 Å². The van der Waals surface area contributed by atoms with E-state index < -0.39 is 5.60 Å². The molecule has 0 radical (unpaired) electrons. The molecule has 4 heteroatoms. The highest BCUT2D eigenvalue weighted by Gasteiger charge is 2.30. The van der Waals surface area contributed by atoms with E-state index >= 15 is 0 Å². The van der Waals surface area contributed by atoms with Gasteiger partial charge >= 0.3 is 6.09 Å². The molecule has 0 saturated carbocycles. The molecule has 0 bridgehead atoms. The molecule has 18 heavy (non-hydrogen) atoms. The molecule has 1 aliphatic rings. The summed E-state index contributed by atoms with van der Waals surface area (Å²) in [7, 11) is 0. The normalized spacial score (nSPS) is 22.7. The largest absolute Gasteiger partial charge is 0.444 e. The second kappa shape index (κ2) is 6.41. The summed E-state index contributed by atoms with van der Waals surface area (Å²) in [5.74, 6) is 1.05. The van der Waals surface area contributed by atoms with Crippen molar-refractivity contribution in [3.63, 3.8) is 0 Å². The van der Waals surface area contributed by atoms with Gasteiger partial charge in [-0.2, -0.15) is 0 Å². The number of carbonyl (C=O) groups excluding carboxylic acids is 1. The Morgan fingerprint density at radius 1 is 1.50 bits per heavy atom. The number of piperidine rings is 1. The molecule has 0 aliphatic carbocycles. The first-order valence-corrected chi connectivity index (χ1v) is 7.05. The maximum Gasteiger partial charge on any atom is 0.410 e. The molecule has 0 aromatic heterocycles. The number of amides is 1. The van der Waals surface area contributed by atoms with E-state index in [1.165, 1.54) is 6.42 Å². The van der Waals surface area contributed by atoms with Gasteiger partial charge in [0.25, 0.3) is 0 Å². The lowest BCUT2D eigenvalue weighted by molar-refractivity contribution is 0.0130. The second-order valence-corrected chi connectivity index (χ2v) is 6.23. The quantitative estimate of drug-likeness (QED) is 0.844. The van der Waals surface area contributed by atoms with Crippen LogP contribution in [0.1, 0.15) is 47.0 Å². The molecular weight excluding hydrogens is 228 g/mol. The van der Waals surface area contributed by atoms with Gasteiger partial charge in [-0.25, -0.2) is 4.79 Å². The van der Waals surface area contributed by atoms with Crippen LogP contribution in [0.25, 0.3) is 0 Å². The zero-order chi connectivity index (χ0) is 13.8. The molecule has 2 unspecified atom stereocenters. The van der Waals surface area contributed by atoms with E-state index in [1.54, 1.807) is 0 Å². The third-order valence-electron chi connectivity index (χ3n) is 3.60. The van der Waals surface area contributed by atoms with Crippen molar-refractivity contribution in [3.8, 4) is 0 Å². The standard InChI is InChI=1S/C14H28N2O2/c1-5-11(9-15)12-7-6-8-16(10-12)13(17)18-14(2,3)4/h11-12H,5-10,15H2,1-4H3. The van der Waals surface area contributed by atoms with Gasteiger partial charge in [0.05, 0.1) is 0 Å². The zero-order valence-corrected chi connectivity index (χ0v) is 12.2. The van der Waals surface area contributed by atoms with Gasteiger partial charge in [-0.05, 0) is 52.0 Å². The van der Waals surface area contributed by atoms with Crippen LogP contribution in [0.5, 0.6) is 0 Å². The van der Waals surface area contributed by atoms with Crippen molar-refractivity contribution in [1.29, 1.82) is 0 Å². The fourth-order valence-electron chi connectivity index (χ4n) is 2.58. The van der Waals surface area contributed by atoms with E-state index in [0.29, 0.717) is 18.4 Å². The third kappa shape index (κ3) is 4.48. The van der Waals surface area contributed by atoms with E-state index in [4.69, 9.17) is 10.5 Å². The summed E-state index contributed by atoms with van der Waals surface area (Å²) in [6.07, 6.45) is 3.14. The Labute approximate surface area is 111 Å². The van der Waals surface area contributed by atoms with Gasteiger partial charge in [0.1, 0.15) is 5.60 Å². The lowest BCUT2D eigenvalue weighted by Crippen LogP contribution is -2.45. The van der Waals surface area contributed by atoms with Crippen LogP contribution in [0, 0.1) is 11.8 Å². The summed E-state index contributed by atoms with van der Waals surface area (Å²) < 4.78 is 5.43. The highest BCUT2D eigenvalue weighted by molar-refractivity contribution is 5.68. The van der Waals surface area contributed by atoms with Crippen molar-refractivity contribution in [2.75, 3.05) is 19.6 Å². The Balaban J connectivity index is 2.55. The van der Waals surface area contributed by atoms with E-state index in [1.807, 2.05) is 25.7 Å². The Kier molecular flexibility index (Phi) is 5.45. The van der Waals surface area contributed by atoms with Crippen LogP contribution in [0.15, 0.2) is 0 Å². The summed E-state index contributed by atoms with van der Waals surface area (Å²) in [4.78, 5) is 13.9. The minimum absolute atomic E-state index is 0.181. The SMILES string of the molecule is CCC(CN)C1CCCN(C(=O)OC(C)(C)C)C1. The maximum absolute atomic E-state index is 12.0. The van der Waals surface area contributed by atoms with Crippen LogP contribution in [0.2, 0.25) is 0 Å². The summed E-state index contributed by atoms with van der Waals surface area (Å²) in [5, 5.41) is 0. The molecule has 1 heterocycles. The average molecular weight is 256 g/mol. The number of nitrogens with two attached hydrogens (primary N) is 1. The summed E-state index contributed by atoms with van der Waals surface area (Å²) in [6, 6.07) is 0. The van der Waals surface area contributed by atoms with Gasteiger partial charge in [-0.15, -0.1) is 0 Å². The van der Waals surface area contributed by atoms with Gasteiger partial charge < -0.3 is 15.4 Å². The Morgan fingerprint density at radius 3 is 2.67 bits per heavy atom. The molecule has 1 amide bonds. The van der Waals surface area contributed by atoms with Crippen LogP contribution in [-0.2, 0) is 4.74 Å². The topological polar surface area (TPSA) is 55.6 Å². The summed E-state index contributed by atoms with van der Waals surface area (Å²) in [6.45, 7) is 10.2. The smallest absolute Gasteiger partial charge is 0.410 e. The first kappa shape index (κ1) is 15.3. The molecule has 1 rings (SSSR count). The molecule has 0 aromatic rings. The van der Waals surface area contributed by atoms with Crippen molar-refractivity contribution >= 4 is 6.09 Å². The molecule has 1 fully saturated rings. The van der Waals surface area contributed by atoms with Gasteiger partial charge in [0.15, 0.2) is 0 Å². The number of ether oxygens (including phenoxy) is 1. The summed E-state index contributed by atoms with van der Waals surface area (Å²) in [5.41, 5.74) is 5.39. The minimum atomic E-state index is -0.415. The highest BCUT2D eigenvalue weighted by atomic mass is 16.6. The van der Waals surface area contributed by atoms with Crippen molar-refractivity contribution < 1.29 is 9.53 Å². The van der Waals surface area contributed by atoms with E-state index in [0.717, 1.165) is 25.9 Å². The molecule has 1 saturated heterocycles. The molecule has 2 atom stereocenters. The number of likely N-dealkylation sites (tertiary alicyclic amines) is 1. The van der Waals surface area contributed by atoms with Crippen molar-refractivity contribution in [1.82, 2.24) is 4.90 Å². The first-order chi connectivity index (χ1) is 8.37. The van der Waals surface area contributed by atoms with Crippen molar-refractivity contribution in [3.05, 3.63) is 0 Å². The highest BCUT2D eigenvalue weighted by Crippen LogP contribution is 2.26. The predicted octanol–water partition coefficient (Wildman–Crippen LogP) is 2.62. The van der Waals surface area contributed by atoms with Crippen LogP contribution < -0.4 is 5.73 Å². The molecule has 0 spiro atoms. The van der Waals surface area contributed by atoms with Gasteiger partial charge in [0, 0.05) is 13.1 Å². The van der Waals surface area contributed by atoms with E-state index in [2.05, 4.69) is 6.92 Å². The summed E-state index contributed by atoms with van der Waals surface area (Å²) >= 11 is 0. The number of rotatable bonds is 3. The predicted molar refractivity (Wildman–Crippen MR) is 73.4 cm³/mol. The monoisotopic (exact) mass is 256 g/mol. The van der Waals surface area contributed by atoms with Crippen LogP contribution in [0.3, 0.4) is 0 Å². The molecule has 1 aliphatic heterocycles. The average Bonchev–Trinajstić information content (AvgIpc) is 2.29. The van der Waals surface area contributed by atoms with Crippen molar-refractivity contribution in [2.45, 2.75) is 52.6 Å². The zero-order valence-electron chi connectivity index (χ0n) is 12.2. The van der Waals surface area contributed by atoms with Gasteiger partial charge in [-0.3, -0.25) is 0 Å². The number of hydrogen-bond acceptors (Lipinski definition) is 3. The Morgan fingerprint density at radius 2 is 2.17 bits per heavy atom. The first-order valence-electron chi connectivity index (χ1n) is 7.05. The Hall–Kier alpha value is -0.770. The van der Waals surface area contributed by atoms with Crippen LogP contribution in [0.4, 0.5) is 4.79 Å². The molecule has 106 valence electrons. The third-order valence-corrected chi connectivity index (χ3v) is 3.60. The number of hydrogen-bond donors (Lipinski definition) is 1. The second-order valence-electron chi connectivity index (χ2n) is 6.23. The lowest BCUT2D eigenvalue weighted by Gasteiger charge is -2.37. The minimum Gasteiger partial charge on any atom is -0.444 e. The van der Waals surface area contributed by atoms with Crippen LogP contribution >= 0.6 is 0 Å². The number of carbonyl (C=O) groups is 1. The van der Waals surface area contributed by atoms with Crippen molar-refractivity contribution in [2.24, 2.45) is 17.6 Å². The van der Waals surface area contributed by atoms with Gasteiger partial charge in [-0.1, -0.05) is 13.3 Å². The fraction of sp³-hybridized carbons (Fsp3) is 0.929. The van der Waals surface area contributed by atoms with E-state index in [9.17, 15) is 4.79 Å². The molecule has 2 N–H and O–H groups in total. The fourth-order valence-corrected chi connectivity index (χ4v) is 2.58. The molecular formula is C14H28N2O2. The Bertz CT molecular complexity index is 269. The van der Waals surface area contributed by atoms with Crippen LogP contribution in [-0.4, -0.2) is 36.2 Å².